The number of rotatable bonds is 4. The third-order valence-corrected chi connectivity index (χ3v) is 5.69. The Labute approximate surface area is 166 Å². The first kappa shape index (κ1) is 20.9. The smallest absolute Gasteiger partial charge is 0.256 e. The van der Waals surface area contributed by atoms with Crippen LogP contribution in [0.1, 0.15) is 23.2 Å². The second-order valence-electron chi connectivity index (χ2n) is 6.75. The second-order valence-corrected chi connectivity index (χ2v) is 8.31. The molecule has 1 heterocycles. The molecule has 2 aromatic rings. The SMILES string of the molecule is NS(=O)(=O)c1ccc(NC(=O)C2CCN(C(=O)c3ccc(F)cc3F)CC2)cc1. The number of carbonyl (C=O) groups excluding carboxylic acids is 2. The molecule has 10 heteroatoms. The minimum atomic E-state index is -3.81. The average molecular weight is 423 g/mol. The van der Waals surface area contributed by atoms with Crippen LogP contribution < -0.4 is 10.5 Å². The molecular weight excluding hydrogens is 404 g/mol. The maximum Gasteiger partial charge on any atom is 0.256 e. The molecule has 2 amide bonds. The number of piperidine rings is 1. The summed E-state index contributed by atoms with van der Waals surface area (Å²) in [7, 11) is -3.81. The molecule has 1 fully saturated rings. The maximum absolute atomic E-state index is 13.8. The number of primary sulfonamides is 1. The average Bonchev–Trinajstić information content (AvgIpc) is 2.67. The van der Waals surface area contributed by atoms with Crippen LogP contribution in [-0.2, 0) is 14.8 Å². The van der Waals surface area contributed by atoms with Crippen LogP contribution >= 0.6 is 0 Å². The van der Waals surface area contributed by atoms with Crippen molar-refractivity contribution in [1.82, 2.24) is 4.90 Å². The van der Waals surface area contributed by atoms with E-state index in [-0.39, 0.29) is 35.4 Å². The second kappa shape index (κ2) is 8.26. The molecular formula is C19H19F2N3O4S. The molecule has 0 radical (unpaired) electrons. The van der Waals surface area contributed by atoms with Crippen molar-refractivity contribution in [3.8, 4) is 0 Å². The summed E-state index contributed by atoms with van der Waals surface area (Å²) in [5.41, 5.74) is 0.221. The highest BCUT2D eigenvalue weighted by molar-refractivity contribution is 7.89. The monoisotopic (exact) mass is 423 g/mol. The van der Waals surface area contributed by atoms with Crippen LogP contribution in [0.2, 0.25) is 0 Å². The van der Waals surface area contributed by atoms with Crippen molar-refractivity contribution >= 4 is 27.5 Å². The third-order valence-electron chi connectivity index (χ3n) is 4.76. The highest BCUT2D eigenvalue weighted by Gasteiger charge is 2.29. The van der Waals surface area contributed by atoms with E-state index in [0.29, 0.717) is 24.6 Å². The molecule has 154 valence electrons. The van der Waals surface area contributed by atoms with Crippen LogP contribution in [0, 0.1) is 17.6 Å². The zero-order chi connectivity index (χ0) is 21.2. The fourth-order valence-corrected chi connectivity index (χ4v) is 3.67. The molecule has 3 rings (SSSR count). The van der Waals surface area contributed by atoms with E-state index in [4.69, 9.17) is 5.14 Å². The number of benzene rings is 2. The van der Waals surface area contributed by atoms with Gasteiger partial charge in [-0.3, -0.25) is 9.59 Å². The largest absolute Gasteiger partial charge is 0.339 e. The zero-order valence-electron chi connectivity index (χ0n) is 15.3. The zero-order valence-corrected chi connectivity index (χ0v) is 16.1. The molecule has 0 unspecified atom stereocenters. The van der Waals surface area contributed by atoms with Crippen molar-refractivity contribution in [1.29, 1.82) is 0 Å². The van der Waals surface area contributed by atoms with Crippen LogP contribution in [0.15, 0.2) is 47.4 Å². The number of anilines is 1. The van der Waals surface area contributed by atoms with E-state index < -0.39 is 27.6 Å². The van der Waals surface area contributed by atoms with Gasteiger partial charge >= 0.3 is 0 Å². The van der Waals surface area contributed by atoms with Crippen molar-refractivity contribution < 1.29 is 26.8 Å². The van der Waals surface area contributed by atoms with Gasteiger partial charge in [0.15, 0.2) is 0 Å². The van der Waals surface area contributed by atoms with Crippen LogP contribution in [0.4, 0.5) is 14.5 Å². The highest BCUT2D eigenvalue weighted by atomic mass is 32.2. The van der Waals surface area contributed by atoms with Crippen LogP contribution in [-0.4, -0.2) is 38.2 Å². The van der Waals surface area contributed by atoms with Gasteiger partial charge in [0, 0.05) is 30.8 Å². The first-order valence-corrected chi connectivity index (χ1v) is 10.4. The van der Waals surface area contributed by atoms with E-state index in [2.05, 4.69) is 5.32 Å². The first-order valence-electron chi connectivity index (χ1n) is 8.83. The lowest BCUT2D eigenvalue weighted by atomic mass is 9.95. The summed E-state index contributed by atoms with van der Waals surface area (Å²) in [5, 5.41) is 7.73. The van der Waals surface area contributed by atoms with Gasteiger partial charge in [0.25, 0.3) is 5.91 Å². The van der Waals surface area contributed by atoms with Gasteiger partial charge in [-0.2, -0.15) is 0 Å². The van der Waals surface area contributed by atoms with E-state index in [1.54, 1.807) is 0 Å². The molecule has 1 saturated heterocycles. The number of hydrogen-bond acceptors (Lipinski definition) is 4. The van der Waals surface area contributed by atoms with Crippen LogP contribution in [0.25, 0.3) is 0 Å². The van der Waals surface area contributed by atoms with E-state index in [1.165, 1.54) is 29.2 Å². The Kier molecular flexibility index (Phi) is 5.94. The Morgan fingerprint density at radius 2 is 1.66 bits per heavy atom. The molecule has 3 N–H and O–H groups in total. The van der Waals surface area contributed by atoms with Gasteiger partial charge < -0.3 is 10.2 Å². The van der Waals surface area contributed by atoms with Gasteiger partial charge in [0.2, 0.25) is 15.9 Å². The Hall–Kier alpha value is -2.85. The molecule has 0 aliphatic carbocycles. The lowest BCUT2D eigenvalue weighted by Gasteiger charge is -2.31. The number of nitrogens with two attached hydrogens (primary N) is 1. The summed E-state index contributed by atoms with van der Waals surface area (Å²) in [6, 6.07) is 8.26. The van der Waals surface area contributed by atoms with E-state index >= 15 is 0 Å². The summed E-state index contributed by atoms with van der Waals surface area (Å²) in [5.74, 6) is -2.83. The molecule has 1 aliphatic rings. The number of nitrogens with zero attached hydrogens (tertiary/aromatic N) is 1. The molecule has 0 spiro atoms. The minimum Gasteiger partial charge on any atom is -0.339 e. The highest BCUT2D eigenvalue weighted by Crippen LogP contribution is 2.22. The standard InChI is InChI=1S/C19H19F2N3O4S/c20-13-1-6-16(17(21)11-13)19(26)24-9-7-12(8-10-24)18(25)23-14-2-4-15(5-3-14)29(22,27)28/h1-6,11-12H,7-10H2,(H,23,25)(H2,22,27,28). The number of hydrogen-bond donors (Lipinski definition) is 2. The van der Waals surface area contributed by atoms with E-state index in [9.17, 15) is 26.8 Å². The molecule has 0 atom stereocenters. The minimum absolute atomic E-state index is 0.0599. The lowest BCUT2D eigenvalue weighted by molar-refractivity contribution is -0.121. The number of nitrogens with one attached hydrogen (secondary N) is 1. The van der Waals surface area contributed by atoms with Crippen molar-refractivity contribution in [2.45, 2.75) is 17.7 Å². The predicted octanol–water partition coefficient (Wildman–Crippen LogP) is 2.10. The number of halogens is 2. The topological polar surface area (TPSA) is 110 Å². The number of amides is 2. The Bertz CT molecular complexity index is 1030. The van der Waals surface area contributed by atoms with Gasteiger partial charge in [-0.1, -0.05) is 0 Å². The van der Waals surface area contributed by atoms with Gasteiger partial charge in [-0.05, 0) is 49.2 Å². The van der Waals surface area contributed by atoms with Crippen molar-refractivity contribution in [2.24, 2.45) is 11.1 Å². The fraction of sp³-hybridized carbons (Fsp3) is 0.263. The Balaban J connectivity index is 1.57. The lowest BCUT2D eigenvalue weighted by Crippen LogP contribution is -2.41. The van der Waals surface area contributed by atoms with Crippen molar-refractivity contribution in [2.75, 3.05) is 18.4 Å². The summed E-state index contributed by atoms with van der Waals surface area (Å²) in [6.07, 6.45) is 0.769. The molecule has 29 heavy (non-hydrogen) atoms. The summed E-state index contributed by atoms with van der Waals surface area (Å²) in [6.45, 7) is 0.524. The van der Waals surface area contributed by atoms with Gasteiger partial charge in [-0.25, -0.2) is 22.3 Å². The molecule has 1 aliphatic heterocycles. The Morgan fingerprint density at radius 1 is 1.03 bits per heavy atom. The molecule has 0 aromatic heterocycles. The van der Waals surface area contributed by atoms with Gasteiger partial charge in [-0.15, -0.1) is 0 Å². The molecule has 0 saturated carbocycles. The fourth-order valence-electron chi connectivity index (χ4n) is 3.15. The first-order chi connectivity index (χ1) is 13.6. The predicted molar refractivity (Wildman–Crippen MR) is 101 cm³/mol. The summed E-state index contributed by atoms with van der Waals surface area (Å²) in [4.78, 5) is 26.2. The normalized spacial score (nSPS) is 15.2. The Morgan fingerprint density at radius 3 is 2.21 bits per heavy atom. The molecule has 7 nitrogen and oxygen atoms in total. The summed E-state index contributed by atoms with van der Waals surface area (Å²) < 4.78 is 49.3. The quantitative estimate of drug-likeness (QED) is 0.785. The maximum atomic E-state index is 13.8. The number of likely N-dealkylation sites (tertiary alicyclic amines) is 1. The number of carbonyl (C=O) groups is 2. The van der Waals surface area contributed by atoms with Gasteiger partial charge in [0.05, 0.1) is 10.5 Å². The molecule has 0 bridgehead atoms. The van der Waals surface area contributed by atoms with Gasteiger partial charge in [0.1, 0.15) is 11.6 Å². The van der Waals surface area contributed by atoms with Crippen molar-refractivity contribution in [3.63, 3.8) is 0 Å². The molecule has 2 aromatic carbocycles. The third kappa shape index (κ3) is 4.96. The van der Waals surface area contributed by atoms with Crippen LogP contribution in [0.5, 0.6) is 0 Å². The van der Waals surface area contributed by atoms with E-state index in [1.807, 2.05) is 0 Å². The van der Waals surface area contributed by atoms with E-state index in [0.717, 1.165) is 12.1 Å². The van der Waals surface area contributed by atoms with Crippen LogP contribution in [0.3, 0.4) is 0 Å². The summed E-state index contributed by atoms with van der Waals surface area (Å²) >= 11 is 0. The number of sulfonamides is 1. The van der Waals surface area contributed by atoms with Crippen molar-refractivity contribution in [3.05, 3.63) is 59.7 Å².